The topological polar surface area (TPSA) is 92.4 Å². The van der Waals surface area contributed by atoms with E-state index in [2.05, 4.69) is 5.32 Å². The lowest BCUT2D eigenvalue weighted by molar-refractivity contribution is -0.118. The molecule has 1 fully saturated rings. The van der Waals surface area contributed by atoms with Gasteiger partial charge in [0, 0.05) is 12.0 Å². The number of carboxylic acids is 1. The highest BCUT2D eigenvalue weighted by atomic mass is 35.5. The maximum atomic E-state index is 11.8. The highest BCUT2D eigenvalue weighted by molar-refractivity contribution is 6.34. The normalized spacial score (nSPS) is 16.5. The first-order chi connectivity index (χ1) is 8.89. The molecule has 4 N–H and O–H groups in total. The summed E-state index contributed by atoms with van der Waals surface area (Å²) in [6.07, 6.45) is 3.01. The number of carbonyl (C=O) groups is 2. The number of carbonyl (C=O) groups excluding carboxylic acids is 1. The molecule has 102 valence electrons. The molecule has 0 radical (unpaired) electrons. The van der Waals surface area contributed by atoms with Crippen LogP contribution in [0.5, 0.6) is 0 Å². The van der Waals surface area contributed by atoms with Crippen molar-refractivity contribution in [2.24, 2.45) is 5.73 Å². The number of aromatic carboxylic acids is 1. The van der Waals surface area contributed by atoms with E-state index in [0.29, 0.717) is 5.69 Å². The number of anilines is 1. The quantitative estimate of drug-likeness (QED) is 0.790. The number of halogens is 1. The van der Waals surface area contributed by atoms with E-state index in [-0.39, 0.29) is 22.9 Å². The summed E-state index contributed by atoms with van der Waals surface area (Å²) in [5, 5.41) is 11.7. The van der Waals surface area contributed by atoms with Gasteiger partial charge in [0.2, 0.25) is 5.91 Å². The summed E-state index contributed by atoms with van der Waals surface area (Å²) in [5.41, 5.74) is 6.08. The Balaban J connectivity index is 2.02. The fourth-order valence-corrected chi connectivity index (χ4v) is 2.30. The van der Waals surface area contributed by atoms with Gasteiger partial charge in [0.1, 0.15) is 0 Å². The zero-order valence-electron chi connectivity index (χ0n) is 10.3. The molecule has 1 amide bonds. The van der Waals surface area contributed by atoms with Crippen molar-refractivity contribution in [1.29, 1.82) is 0 Å². The van der Waals surface area contributed by atoms with Crippen LogP contribution in [-0.4, -0.2) is 22.5 Å². The van der Waals surface area contributed by atoms with Gasteiger partial charge in [-0.1, -0.05) is 11.6 Å². The molecule has 0 atom stereocenters. The molecule has 1 aliphatic carbocycles. The first kappa shape index (κ1) is 13.8. The summed E-state index contributed by atoms with van der Waals surface area (Å²) in [7, 11) is 0. The minimum absolute atomic E-state index is 0.0808. The van der Waals surface area contributed by atoms with E-state index in [1.807, 2.05) is 0 Å². The number of nitrogens with one attached hydrogen (secondary N) is 1. The minimum atomic E-state index is -1.06. The molecule has 0 aromatic heterocycles. The second kappa shape index (κ2) is 5.19. The third-order valence-electron chi connectivity index (χ3n) is 3.35. The van der Waals surface area contributed by atoms with Gasteiger partial charge in [-0.05, 0) is 37.5 Å². The van der Waals surface area contributed by atoms with Crippen molar-refractivity contribution < 1.29 is 14.7 Å². The Bertz CT molecular complexity index is 527. The molecule has 5 nitrogen and oxygen atoms in total. The predicted molar refractivity (Wildman–Crippen MR) is 72.4 cm³/mol. The van der Waals surface area contributed by atoms with Crippen LogP contribution in [0, 0.1) is 0 Å². The van der Waals surface area contributed by atoms with E-state index in [4.69, 9.17) is 22.4 Å². The molecule has 1 aromatic rings. The Hall–Kier alpha value is -1.59. The lowest BCUT2D eigenvalue weighted by atomic mass is 9.75. The molecule has 0 bridgehead atoms. The molecular weight excluding hydrogens is 268 g/mol. The molecule has 0 spiro atoms. The van der Waals surface area contributed by atoms with Crippen molar-refractivity contribution in [1.82, 2.24) is 0 Å². The Labute approximate surface area is 115 Å². The van der Waals surface area contributed by atoms with E-state index in [1.165, 1.54) is 18.2 Å². The van der Waals surface area contributed by atoms with Crippen LogP contribution >= 0.6 is 11.6 Å². The largest absolute Gasteiger partial charge is 0.478 e. The summed E-state index contributed by atoms with van der Waals surface area (Å²) in [6.45, 7) is 0. The van der Waals surface area contributed by atoms with Crippen LogP contribution in [0.25, 0.3) is 0 Å². The van der Waals surface area contributed by atoms with Crippen molar-refractivity contribution in [3.8, 4) is 0 Å². The van der Waals surface area contributed by atoms with Crippen molar-refractivity contribution in [2.45, 2.75) is 31.2 Å². The Morgan fingerprint density at radius 2 is 2.11 bits per heavy atom. The van der Waals surface area contributed by atoms with Crippen LogP contribution in [-0.2, 0) is 4.79 Å². The summed E-state index contributed by atoms with van der Waals surface area (Å²) in [4.78, 5) is 22.6. The molecular formula is C13H15ClN2O3. The van der Waals surface area contributed by atoms with Gasteiger partial charge in [0.25, 0.3) is 0 Å². The molecule has 0 unspecified atom stereocenters. The summed E-state index contributed by atoms with van der Waals surface area (Å²) in [5.74, 6) is -1.26. The fourth-order valence-electron chi connectivity index (χ4n) is 2.07. The van der Waals surface area contributed by atoms with Crippen LogP contribution in [0.1, 0.15) is 36.0 Å². The standard InChI is InChI=1S/C13H15ClN2O3/c14-9-6-8(12(18)19)2-3-10(9)16-11(17)7-13(15)4-1-5-13/h2-3,6H,1,4-5,7,15H2,(H,16,17)(H,18,19). The first-order valence-corrected chi connectivity index (χ1v) is 6.39. The van der Waals surface area contributed by atoms with Gasteiger partial charge in [-0.25, -0.2) is 4.79 Å². The van der Waals surface area contributed by atoms with Gasteiger partial charge in [-0.15, -0.1) is 0 Å². The fraction of sp³-hybridized carbons (Fsp3) is 0.385. The predicted octanol–water partition coefficient (Wildman–Crippen LogP) is 2.25. The number of amides is 1. The zero-order valence-corrected chi connectivity index (χ0v) is 11.0. The van der Waals surface area contributed by atoms with Gasteiger partial charge in [-0.3, -0.25) is 4.79 Å². The van der Waals surface area contributed by atoms with Crippen LogP contribution in [0.15, 0.2) is 18.2 Å². The average Bonchev–Trinajstić information content (AvgIpc) is 2.29. The van der Waals surface area contributed by atoms with E-state index >= 15 is 0 Å². The van der Waals surface area contributed by atoms with Crippen molar-refractivity contribution in [3.63, 3.8) is 0 Å². The van der Waals surface area contributed by atoms with E-state index < -0.39 is 11.5 Å². The van der Waals surface area contributed by atoms with Crippen molar-refractivity contribution in [3.05, 3.63) is 28.8 Å². The summed E-state index contributed by atoms with van der Waals surface area (Å²) in [6, 6.07) is 4.18. The van der Waals surface area contributed by atoms with Crippen LogP contribution in [0.4, 0.5) is 5.69 Å². The lowest BCUT2D eigenvalue weighted by Gasteiger charge is -2.37. The van der Waals surface area contributed by atoms with Crippen LogP contribution in [0.3, 0.4) is 0 Å². The third-order valence-corrected chi connectivity index (χ3v) is 3.66. The molecule has 0 aliphatic heterocycles. The summed E-state index contributed by atoms with van der Waals surface area (Å²) < 4.78 is 0. The molecule has 6 heteroatoms. The number of hydrogen-bond acceptors (Lipinski definition) is 3. The van der Waals surface area contributed by atoms with Gasteiger partial charge in [0.15, 0.2) is 0 Å². The molecule has 19 heavy (non-hydrogen) atoms. The second-order valence-electron chi connectivity index (χ2n) is 4.94. The number of carboxylic acid groups (broad SMARTS) is 1. The highest BCUT2D eigenvalue weighted by Crippen LogP contribution is 2.32. The maximum absolute atomic E-state index is 11.8. The van der Waals surface area contributed by atoms with E-state index in [1.54, 1.807) is 0 Å². The SMILES string of the molecule is NC1(CC(=O)Nc2ccc(C(=O)O)cc2Cl)CCC1. The summed E-state index contributed by atoms with van der Waals surface area (Å²) >= 11 is 5.93. The first-order valence-electron chi connectivity index (χ1n) is 6.01. The van der Waals surface area contributed by atoms with Gasteiger partial charge in [0.05, 0.1) is 16.3 Å². The van der Waals surface area contributed by atoms with Crippen LogP contribution < -0.4 is 11.1 Å². The van der Waals surface area contributed by atoms with Crippen LogP contribution in [0.2, 0.25) is 5.02 Å². The lowest BCUT2D eigenvalue weighted by Crippen LogP contribution is -2.48. The van der Waals surface area contributed by atoms with E-state index in [9.17, 15) is 9.59 Å². The Morgan fingerprint density at radius 1 is 1.42 bits per heavy atom. The number of rotatable bonds is 4. The van der Waals surface area contributed by atoms with Gasteiger partial charge in [-0.2, -0.15) is 0 Å². The molecule has 0 heterocycles. The molecule has 1 aliphatic rings. The number of hydrogen-bond donors (Lipinski definition) is 3. The molecule has 0 saturated heterocycles. The number of benzene rings is 1. The Morgan fingerprint density at radius 3 is 2.58 bits per heavy atom. The minimum Gasteiger partial charge on any atom is -0.478 e. The van der Waals surface area contributed by atoms with Crippen molar-refractivity contribution >= 4 is 29.2 Å². The van der Waals surface area contributed by atoms with Crippen molar-refractivity contribution in [2.75, 3.05) is 5.32 Å². The third kappa shape index (κ3) is 3.24. The molecule has 1 aromatic carbocycles. The smallest absolute Gasteiger partial charge is 0.335 e. The average molecular weight is 283 g/mol. The maximum Gasteiger partial charge on any atom is 0.335 e. The second-order valence-corrected chi connectivity index (χ2v) is 5.35. The number of nitrogens with two attached hydrogens (primary N) is 1. The zero-order chi connectivity index (χ0) is 14.0. The van der Waals surface area contributed by atoms with Gasteiger partial charge < -0.3 is 16.2 Å². The van der Waals surface area contributed by atoms with Gasteiger partial charge >= 0.3 is 5.97 Å². The molecule has 2 rings (SSSR count). The monoisotopic (exact) mass is 282 g/mol. The Kier molecular flexibility index (Phi) is 3.78. The molecule has 1 saturated carbocycles. The highest BCUT2D eigenvalue weighted by Gasteiger charge is 2.34. The van der Waals surface area contributed by atoms with E-state index in [0.717, 1.165) is 19.3 Å².